The molecule has 2 aromatic carbocycles. The van der Waals surface area contributed by atoms with Crippen molar-refractivity contribution in [2.45, 2.75) is 24.7 Å². The molecular formula is C17H19N3O5S. The number of sulfonamides is 1. The highest BCUT2D eigenvalue weighted by Crippen LogP contribution is 2.26. The molecule has 2 N–H and O–H groups in total. The van der Waals surface area contributed by atoms with Gasteiger partial charge >= 0.3 is 0 Å². The summed E-state index contributed by atoms with van der Waals surface area (Å²) in [4.78, 5) is 22.1. The lowest BCUT2D eigenvalue weighted by Gasteiger charge is -2.13. The van der Waals surface area contributed by atoms with Crippen molar-refractivity contribution < 1.29 is 18.1 Å². The van der Waals surface area contributed by atoms with Gasteiger partial charge in [-0.3, -0.25) is 19.6 Å². The van der Waals surface area contributed by atoms with Gasteiger partial charge < -0.3 is 5.32 Å². The van der Waals surface area contributed by atoms with Gasteiger partial charge in [0.1, 0.15) is 0 Å². The van der Waals surface area contributed by atoms with E-state index in [1.54, 1.807) is 12.1 Å². The Labute approximate surface area is 151 Å². The molecule has 0 saturated carbocycles. The standard InChI is InChI=1S/C17H19N3O5S/c1-2-3-12-18-17(21)13-8-4-5-9-14(13)19-26(24,25)16-11-7-6-10-15(16)20(22)23/h4-11,19H,2-3,12H2,1H3,(H,18,21). The number of carbonyl (C=O) groups excluding carboxylic acids is 1. The van der Waals surface area contributed by atoms with Crippen LogP contribution in [0.5, 0.6) is 0 Å². The first-order valence-corrected chi connectivity index (χ1v) is 9.48. The maximum atomic E-state index is 12.6. The van der Waals surface area contributed by atoms with Crippen LogP contribution < -0.4 is 10.0 Å². The third-order valence-corrected chi connectivity index (χ3v) is 5.00. The lowest BCUT2D eigenvalue weighted by molar-refractivity contribution is -0.387. The number of hydrogen-bond acceptors (Lipinski definition) is 5. The molecule has 138 valence electrons. The minimum absolute atomic E-state index is 0.0552. The van der Waals surface area contributed by atoms with Crippen LogP contribution in [0.4, 0.5) is 11.4 Å². The molecule has 9 heteroatoms. The average Bonchev–Trinajstić information content (AvgIpc) is 2.62. The van der Waals surface area contributed by atoms with E-state index in [2.05, 4.69) is 10.0 Å². The molecule has 0 unspecified atom stereocenters. The Hall–Kier alpha value is -2.94. The normalized spacial score (nSPS) is 11.0. The molecule has 0 bridgehead atoms. The van der Waals surface area contributed by atoms with E-state index in [1.165, 1.54) is 24.3 Å². The van der Waals surface area contributed by atoms with Gasteiger partial charge in [0.05, 0.1) is 16.2 Å². The monoisotopic (exact) mass is 377 g/mol. The highest BCUT2D eigenvalue weighted by Gasteiger charge is 2.26. The lowest BCUT2D eigenvalue weighted by atomic mass is 10.1. The number of unbranched alkanes of at least 4 members (excludes halogenated alkanes) is 1. The second-order valence-electron chi connectivity index (χ2n) is 5.49. The fourth-order valence-electron chi connectivity index (χ4n) is 2.28. The number of nitro groups is 1. The summed E-state index contributed by atoms with van der Waals surface area (Å²) < 4.78 is 27.5. The zero-order chi connectivity index (χ0) is 19.2. The summed E-state index contributed by atoms with van der Waals surface area (Å²) in [7, 11) is -4.24. The van der Waals surface area contributed by atoms with E-state index >= 15 is 0 Å². The Bertz CT molecular complexity index is 912. The van der Waals surface area contributed by atoms with E-state index in [4.69, 9.17) is 0 Å². The summed E-state index contributed by atoms with van der Waals surface area (Å²) in [6, 6.07) is 11.1. The van der Waals surface area contributed by atoms with Crippen LogP contribution in [0.15, 0.2) is 53.4 Å². The Kier molecular flexibility index (Phi) is 6.29. The molecule has 0 heterocycles. The minimum Gasteiger partial charge on any atom is -0.352 e. The van der Waals surface area contributed by atoms with Crippen LogP contribution in [-0.4, -0.2) is 25.8 Å². The highest BCUT2D eigenvalue weighted by atomic mass is 32.2. The maximum Gasteiger partial charge on any atom is 0.289 e. The predicted octanol–water partition coefficient (Wildman–Crippen LogP) is 2.93. The number of nitrogens with one attached hydrogen (secondary N) is 2. The third-order valence-electron chi connectivity index (χ3n) is 3.58. The molecule has 0 atom stereocenters. The van der Waals surface area contributed by atoms with Crippen molar-refractivity contribution in [2.24, 2.45) is 0 Å². The van der Waals surface area contributed by atoms with Crippen LogP contribution in [0.25, 0.3) is 0 Å². The van der Waals surface area contributed by atoms with Gasteiger partial charge in [-0.2, -0.15) is 0 Å². The number of carbonyl (C=O) groups is 1. The predicted molar refractivity (Wildman–Crippen MR) is 97.6 cm³/mol. The maximum absolute atomic E-state index is 12.6. The van der Waals surface area contributed by atoms with Gasteiger partial charge in [0.2, 0.25) is 0 Å². The Morgan fingerprint density at radius 2 is 1.77 bits per heavy atom. The molecule has 0 spiro atoms. The van der Waals surface area contributed by atoms with Gasteiger partial charge in [-0.1, -0.05) is 37.6 Å². The molecule has 26 heavy (non-hydrogen) atoms. The van der Waals surface area contributed by atoms with Gasteiger partial charge in [-0.25, -0.2) is 8.42 Å². The summed E-state index contributed by atoms with van der Waals surface area (Å²) in [5.41, 5.74) is -0.338. The van der Waals surface area contributed by atoms with Gasteiger partial charge in [-0.15, -0.1) is 0 Å². The third kappa shape index (κ3) is 4.57. The van der Waals surface area contributed by atoms with Crippen LogP contribution in [0.3, 0.4) is 0 Å². The first-order valence-electron chi connectivity index (χ1n) is 8.00. The number of amides is 1. The summed E-state index contributed by atoms with van der Waals surface area (Å²) in [6.07, 6.45) is 1.71. The van der Waals surface area contributed by atoms with Crippen molar-refractivity contribution in [3.05, 3.63) is 64.2 Å². The number of para-hydroxylation sites is 2. The quantitative estimate of drug-likeness (QED) is 0.416. The van der Waals surface area contributed by atoms with Crippen molar-refractivity contribution in [3.8, 4) is 0 Å². The smallest absolute Gasteiger partial charge is 0.289 e. The molecule has 0 saturated heterocycles. The van der Waals surface area contributed by atoms with Gasteiger partial charge in [-0.05, 0) is 24.6 Å². The van der Waals surface area contributed by atoms with Crippen molar-refractivity contribution in [1.29, 1.82) is 0 Å². The molecule has 0 fully saturated rings. The minimum atomic E-state index is -4.24. The van der Waals surface area contributed by atoms with E-state index in [1.807, 2.05) is 6.92 Å². The molecule has 8 nitrogen and oxygen atoms in total. The number of benzene rings is 2. The molecule has 0 aliphatic carbocycles. The van der Waals surface area contributed by atoms with Crippen molar-refractivity contribution >= 4 is 27.3 Å². The highest BCUT2D eigenvalue weighted by molar-refractivity contribution is 7.92. The molecule has 1 amide bonds. The first kappa shape index (κ1) is 19.4. The van der Waals surface area contributed by atoms with Crippen molar-refractivity contribution in [2.75, 3.05) is 11.3 Å². The zero-order valence-corrected chi connectivity index (χ0v) is 15.0. The average molecular weight is 377 g/mol. The molecule has 0 aromatic heterocycles. The van der Waals surface area contributed by atoms with Gasteiger partial charge in [0.25, 0.3) is 21.6 Å². The van der Waals surface area contributed by atoms with Gasteiger partial charge in [0.15, 0.2) is 4.90 Å². The molecular weight excluding hydrogens is 358 g/mol. The summed E-state index contributed by atoms with van der Waals surface area (Å²) in [5, 5.41) is 13.8. The molecule has 0 aliphatic rings. The largest absolute Gasteiger partial charge is 0.352 e. The van der Waals surface area contributed by atoms with Gasteiger partial charge in [0, 0.05) is 12.6 Å². The number of anilines is 1. The van der Waals surface area contributed by atoms with Crippen LogP contribution in [0, 0.1) is 10.1 Å². The fraction of sp³-hybridized carbons (Fsp3) is 0.235. The van der Waals surface area contributed by atoms with Crippen LogP contribution in [0.1, 0.15) is 30.1 Å². The van der Waals surface area contributed by atoms with Crippen LogP contribution in [-0.2, 0) is 10.0 Å². The van der Waals surface area contributed by atoms with Crippen LogP contribution in [0.2, 0.25) is 0 Å². The summed E-state index contributed by atoms with van der Waals surface area (Å²) in [5.74, 6) is -0.417. The van der Waals surface area contributed by atoms with E-state index in [0.717, 1.165) is 25.0 Å². The second kappa shape index (κ2) is 8.43. The number of hydrogen-bond donors (Lipinski definition) is 2. The topological polar surface area (TPSA) is 118 Å². The Morgan fingerprint density at radius 1 is 1.12 bits per heavy atom. The first-order chi connectivity index (χ1) is 12.4. The second-order valence-corrected chi connectivity index (χ2v) is 7.14. The Balaban J connectivity index is 2.34. The SMILES string of the molecule is CCCCNC(=O)c1ccccc1NS(=O)(=O)c1ccccc1[N+](=O)[O-]. The summed E-state index contributed by atoms with van der Waals surface area (Å²) in [6.45, 7) is 2.46. The lowest BCUT2D eigenvalue weighted by Crippen LogP contribution is -2.26. The van der Waals surface area contributed by atoms with Crippen molar-refractivity contribution in [3.63, 3.8) is 0 Å². The number of nitro benzene ring substituents is 1. The molecule has 0 radical (unpaired) electrons. The molecule has 0 aliphatic heterocycles. The molecule has 2 aromatic rings. The zero-order valence-electron chi connectivity index (χ0n) is 14.1. The summed E-state index contributed by atoms with van der Waals surface area (Å²) >= 11 is 0. The van der Waals surface area contributed by atoms with E-state index < -0.39 is 31.4 Å². The number of rotatable bonds is 8. The van der Waals surface area contributed by atoms with E-state index in [-0.39, 0.29) is 11.3 Å². The van der Waals surface area contributed by atoms with Crippen molar-refractivity contribution in [1.82, 2.24) is 5.32 Å². The molecule has 2 rings (SSSR count). The number of nitrogens with zero attached hydrogens (tertiary/aromatic N) is 1. The van der Waals surface area contributed by atoms with E-state index in [0.29, 0.717) is 6.54 Å². The van der Waals surface area contributed by atoms with E-state index in [9.17, 15) is 23.3 Å². The Morgan fingerprint density at radius 3 is 2.46 bits per heavy atom. The fourth-order valence-corrected chi connectivity index (χ4v) is 3.53. The van der Waals surface area contributed by atoms with Crippen LogP contribution >= 0.6 is 0 Å².